The summed E-state index contributed by atoms with van der Waals surface area (Å²) in [6, 6.07) is 10.5. The molecule has 1 atom stereocenters. The predicted molar refractivity (Wildman–Crippen MR) is 126 cm³/mol. The minimum absolute atomic E-state index is 0.00696. The summed E-state index contributed by atoms with van der Waals surface area (Å²) in [4.78, 5) is 29.0. The first kappa shape index (κ1) is 24.9. The summed E-state index contributed by atoms with van der Waals surface area (Å²) >= 11 is 0. The first-order valence-corrected chi connectivity index (χ1v) is 12.0. The van der Waals surface area contributed by atoms with Crippen LogP contribution in [0.1, 0.15) is 36.6 Å². The van der Waals surface area contributed by atoms with Gasteiger partial charge in [-0.1, -0.05) is 41.7 Å². The zero-order valence-electron chi connectivity index (χ0n) is 20.3. The van der Waals surface area contributed by atoms with E-state index in [0.29, 0.717) is 31.9 Å². The highest BCUT2D eigenvalue weighted by molar-refractivity contribution is 6.46. The standard InChI is InChI=1S/C27H31FN2O5/c1-17(2)35-22-9-8-20(16-21(22)28)25(31)23-24(19-6-4-18(3)5-7-19)30(27(33)26(23)32)11-10-29-12-14-34-15-13-29/h4-9,16-17,24,31H,10-15H2,1-3H3. The quantitative estimate of drug-likeness (QED) is 0.363. The molecule has 2 aromatic rings. The van der Waals surface area contributed by atoms with Crippen LogP contribution in [0.15, 0.2) is 48.0 Å². The number of hydrogen-bond donors (Lipinski definition) is 1. The second-order valence-corrected chi connectivity index (χ2v) is 9.31. The van der Waals surface area contributed by atoms with E-state index in [0.717, 1.165) is 24.7 Å². The molecule has 1 N–H and O–H groups in total. The van der Waals surface area contributed by atoms with Crippen LogP contribution in [0.3, 0.4) is 0 Å². The smallest absolute Gasteiger partial charge is 0.295 e. The van der Waals surface area contributed by atoms with E-state index in [9.17, 15) is 19.1 Å². The lowest BCUT2D eigenvalue weighted by molar-refractivity contribution is -0.907. The van der Waals surface area contributed by atoms with E-state index < -0.39 is 29.3 Å². The van der Waals surface area contributed by atoms with Gasteiger partial charge < -0.3 is 24.4 Å². The Balaban J connectivity index is 1.72. The number of quaternary nitrogens is 1. The van der Waals surface area contributed by atoms with Crippen molar-refractivity contribution in [2.24, 2.45) is 0 Å². The van der Waals surface area contributed by atoms with Crippen molar-refractivity contribution in [3.05, 3.63) is 70.5 Å². The first-order chi connectivity index (χ1) is 16.8. The second-order valence-electron chi connectivity index (χ2n) is 9.31. The maximum Gasteiger partial charge on any atom is 0.295 e. The summed E-state index contributed by atoms with van der Waals surface area (Å²) in [5, 5.41) is 13.5. The number of ketones is 1. The highest BCUT2D eigenvalue weighted by Crippen LogP contribution is 2.38. The van der Waals surface area contributed by atoms with Crippen LogP contribution in [-0.2, 0) is 14.3 Å². The molecule has 35 heavy (non-hydrogen) atoms. The second kappa shape index (κ2) is 10.6. The molecule has 2 aliphatic rings. The molecule has 0 spiro atoms. The van der Waals surface area contributed by atoms with Crippen LogP contribution >= 0.6 is 0 Å². The largest absolute Gasteiger partial charge is 0.872 e. The van der Waals surface area contributed by atoms with Crippen LogP contribution in [0.5, 0.6) is 5.75 Å². The normalized spacial score (nSPS) is 20.6. The molecule has 0 radical (unpaired) electrons. The van der Waals surface area contributed by atoms with Crippen molar-refractivity contribution >= 4 is 17.4 Å². The number of amides is 1. The van der Waals surface area contributed by atoms with Gasteiger partial charge in [-0.15, -0.1) is 0 Å². The molecule has 2 aliphatic heterocycles. The number of rotatable bonds is 7. The summed E-state index contributed by atoms with van der Waals surface area (Å²) in [5.74, 6) is -2.85. The van der Waals surface area contributed by atoms with Crippen molar-refractivity contribution in [3.8, 4) is 5.75 Å². The molecule has 1 unspecified atom stereocenters. The van der Waals surface area contributed by atoms with Crippen LogP contribution in [0, 0.1) is 12.7 Å². The average Bonchev–Trinajstić information content (AvgIpc) is 3.09. The highest BCUT2D eigenvalue weighted by atomic mass is 19.1. The summed E-state index contributed by atoms with van der Waals surface area (Å²) in [5.41, 5.74) is 1.56. The van der Waals surface area contributed by atoms with Gasteiger partial charge in [0.05, 0.1) is 38.4 Å². The van der Waals surface area contributed by atoms with Crippen molar-refractivity contribution in [3.63, 3.8) is 0 Å². The SMILES string of the molecule is Cc1ccc(C2C(=C([O-])c3ccc(OC(C)C)c(F)c3)C(=O)C(=O)N2CC[NH+]2CCOCC2)cc1. The lowest BCUT2D eigenvalue weighted by Crippen LogP contribution is -3.14. The fraction of sp³-hybridized carbons (Fsp3) is 0.407. The van der Waals surface area contributed by atoms with Crippen LogP contribution in [0.25, 0.3) is 5.76 Å². The van der Waals surface area contributed by atoms with E-state index in [1.165, 1.54) is 21.9 Å². The molecular formula is C27H31FN2O5. The van der Waals surface area contributed by atoms with Gasteiger partial charge in [0.15, 0.2) is 11.6 Å². The van der Waals surface area contributed by atoms with Gasteiger partial charge >= 0.3 is 0 Å². The molecule has 186 valence electrons. The molecule has 2 aromatic carbocycles. The van der Waals surface area contributed by atoms with Crippen molar-refractivity contribution < 1.29 is 33.5 Å². The minimum Gasteiger partial charge on any atom is -0.872 e. The number of ether oxygens (including phenoxy) is 2. The number of halogens is 1. The molecule has 4 rings (SSSR count). The van der Waals surface area contributed by atoms with Crippen LogP contribution < -0.4 is 14.7 Å². The van der Waals surface area contributed by atoms with Crippen LogP contribution in [0.4, 0.5) is 4.39 Å². The van der Waals surface area contributed by atoms with Crippen molar-refractivity contribution in [1.29, 1.82) is 0 Å². The van der Waals surface area contributed by atoms with Gasteiger partial charge in [0.2, 0.25) is 5.78 Å². The molecule has 2 fully saturated rings. The number of Topliss-reactive ketones (excluding diaryl/α,β-unsaturated/α-hetero) is 1. The molecule has 1 amide bonds. The first-order valence-electron chi connectivity index (χ1n) is 12.0. The lowest BCUT2D eigenvalue weighted by atomic mass is 9.94. The van der Waals surface area contributed by atoms with Gasteiger partial charge in [-0.25, -0.2) is 4.39 Å². The summed E-state index contributed by atoms with van der Waals surface area (Å²) in [6.07, 6.45) is -0.234. The Hall–Kier alpha value is -3.23. The highest BCUT2D eigenvalue weighted by Gasteiger charge is 2.44. The van der Waals surface area contributed by atoms with E-state index in [1.807, 2.05) is 31.2 Å². The van der Waals surface area contributed by atoms with Crippen LogP contribution in [-0.4, -0.2) is 62.1 Å². The Bertz CT molecular complexity index is 1120. The van der Waals surface area contributed by atoms with Gasteiger partial charge in [0, 0.05) is 5.57 Å². The number of morpholine rings is 1. The average molecular weight is 483 g/mol. The number of likely N-dealkylation sites (tertiary alicyclic amines) is 1. The molecule has 2 heterocycles. The molecule has 8 heteroatoms. The van der Waals surface area contributed by atoms with E-state index in [4.69, 9.17) is 9.47 Å². The Morgan fingerprint density at radius 1 is 1.17 bits per heavy atom. The fourth-order valence-electron chi connectivity index (χ4n) is 4.53. The maximum absolute atomic E-state index is 14.6. The monoisotopic (exact) mass is 482 g/mol. The molecule has 7 nitrogen and oxygen atoms in total. The molecule has 2 saturated heterocycles. The van der Waals surface area contributed by atoms with Gasteiger partial charge in [-0.2, -0.15) is 0 Å². The number of nitrogens with one attached hydrogen (secondary N) is 1. The van der Waals surface area contributed by atoms with Gasteiger partial charge in [-0.3, -0.25) is 9.59 Å². The number of hydrogen-bond acceptors (Lipinski definition) is 5. The van der Waals surface area contributed by atoms with Crippen molar-refractivity contribution in [1.82, 2.24) is 4.90 Å². The summed E-state index contributed by atoms with van der Waals surface area (Å²) < 4.78 is 25.5. The third-order valence-corrected chi connectivity index (χ3v) is 6.39. The van der Waals surface area contributed by atoms with E-state index >= 15 is 0 Å². The van der Waals surface area contributed by atoms with Crippen molar-refractivity contribution in [2.75, 3.05) is 39.4 Å². The summed E-state index contributed by atoms with van der Waals surface area (Å²) in [7, 11) is 0. The van der Waals surface area contributed by atoms with E-state index in [2.05, 4.69) is 0 Å². The van der Waals surface area contributed by atoms with Crippen molar-refractivity contribution in [2.45, 2.75) is 32.9 Å². The number of carbonyl (C=O) groups is 2. The lowest BCUT2D eigenvalue weighted by Gasteiger charge is -2.30. The predicted octanol–water partition coefficient (Wildman–Crippen LogP) is 1.06. The Morgan fingerprint density at radius 2 is 1.86 bits per heavy atom. The third-order valence-electron chi connectivity index (χ3n) is 6.39. The minimum atomic E-state index is -0.833. The Morgan fingerprint density at radius 3 is 2.49 bits per heavy atom. The molecule has 0 bridgehead atoms. The number of nitrogens with zero attached hydrogens (tertiary/aromatic N) is 1. The fourth-order valence-corrected chi connectivity index (χ4v) is 4.53. The molecule has 0 saturated carbocycles. The molecule has 0 aliphatic carbocycles. The zero-order chi connectivity index (χ0) is 25.1. The third kappa shape index (κ3) is 5.39. The number of aryl methyl sites for hydroxylation is 1. The van der Waals surface area contributed by atoms with E-state index in [-0.39, 0.29) is 23.0 Å². The Labute approximate surface area is 204 Å². The molecular weight excluding hydrogens is 451 g/mol. The maximum atomic E-state index is 14.6. The zero-order valence-corrected chi connectivity index (χ0v) is 20.3. The van der Waals surface area contributed by atoms with Crippen LogP contribution in [0.2, 0.25) is 0 Å². The van der Waals surface area contributed by atoms with Gasteiger partial charge in [-0.05, 0) is 44.0 Å². The van der Waals surface area contributed by atoms with Gasteiger partial charge in [0.1, 0.15) is 13.1 Å². The van der Waals surface area contributed by atoms with E-state index in [1.54, 1.807) is 13.8 Å². The van der Waals surface area contributed by atoms with Gasteiger partial charge in [0.25, 0.3) is 5.91 Å². The number of carbonyl (C=O) groups excluding carboxylic acids is 2. The topological polar surface area (TPSA) is 83.3 Å². The Kier molecular flexibility index (Phi) is 7.52. The number of benzene rings is 2. The summed E-state index contributed by atoms with van der Waals surface area (Å²) in [6.45, 7) is 9.41. The molecule has 0 aromatic heterocycles.